The van der Waals surface area contributed by atoms with Gasteiger partial charge in [-0.05, 0) is 60.0 Å². The number of halogens is 2. The average Bonchev–Trinajstić information content (AvgIpc) is 2.74. The van der Waals surface area contributed by atoms with Crippen LogP contribution in [0.1, 0.15) is 22.3 Å². The molecule has 0 unspecified atom stereocenters. The first-order chi connectivity index (χ1) is 14.9. The van der Waals surface area contributed by atoms with E-state index in [2.05, 4.69) is 21.2 Å². The lowest BCUT2D eigenvalue weighted by molar-refractivity contribution is -0.112. The molecule has 0 saturated carbocycles. The number of ether oxygens (including phenoxy) is 1. The fourth-order valence-corrected chi connectivity index (χ4v) is 3.74. The Kier molecular flexibility index (Phi) is 7.22. The van der Waals surface area contributed by atoms with E-state index < -0.39 is 5.91 Å². The van der Waals surface area contributed by atoms with Gasteiger partial charge in [0, 0.05) is 22.1 Å². The molecule has 0 saturated heterocycles. The van der Waals surface area contributed by atoms with Crippen LogP contribution in [0.2, 0.25) is 0 Å². The second-order valence-corrected chi connectivity index (χ2v) is 7.80. The number of carbonyl (C=O) groups is 1. The predicted molar refractivity (Wildman–Crippen MR) is 123 cm³/mol. The number of nitrogens with zero attached hydrogens (tertiary/aromatic N) is 1. The number of anilines is 1. The van der Waals surface area contributed by atoms with Crippen LogP contribution in [-0.2, 0) is 11.2 Å². The number of rotatable bonds is 6. The van der Waals surface area contributed by atoms with Crippen molar-refractivity contribution in [3.8, 4) is 11.8 Å². The van der Waals surface area contributed by atoms with Gasteiger partial charge in [-0.25, -0.2) is 4.39 Å². The maximum Gasteiger partial charge on any atom is 0.266 e. The van der Waals surface area contributed by atoms with Gasteiger partial charge in [-0.3, -0.25) is 4.79 Å². The van der Waals surface area contributed by atoms with E-state index in [0.29, 0.717) is 33.5 Å². The minimum atomic E-state index is -0.501. The van der Waals surface area contributed by atoms with Crippen molar-refractivity contribution in [2.45, 2.75) is 13.3 Å². The number of benzene rings is 3. The van der Waals surface area contributed by atoms with E-state index in [-0.39, 0.29) is 11.4 Å². The highest BCUT2D eigenvalue weighted by molar-refractivity contribution is 9.10. The number of hydrogen-bond acceptors (Lipinski definition) is 3. The van der Waals surface area contributed by atoms with E-state index in [1.54, 1.807) is 36.4 Å². The summed E-state index contributed by atoms with van der Waals surface area (Å²) in [6.07, 6.45) is 1.82. The van der Waals surface area contributed by atoms with Crippen LogP contribution in [0, 0.1) is 24.1 Å². The summed E-state index contributed by atoms with van der Waals surface area (Å²) in [5.74, 6) is -0.265. The monoisotopic (exact) mass is 478 g/mol. The molecule has 3 aromatic rings. The third-order valence-corrected chi connectivity index (χ3v) is 5.38. The molecule has 3 rings (SSSR count). The van der Waals surface area contributed by atoms with Gasteiger partial charge in [0.15, 0.2) is 0 Å². The van der Waals surface area contributed by atoms with Gasteiger partial charge in [0.25, 0.3) is 5.91 Å². The first-order valence-electron chi connectivity index (χ1n) is 9.51. The summed E-state index contributed by atoms with van der Waals surface area (Å²) >= 11 is 3.52. The molecule has 0 fully saturated rings. The minimum Gasteiger partial charge on any atom is -0.496 e. The van der Waals surface area contributed by atoms with Crippen molar-refractivity contribution in [1.29, 1.82) is 5.26 Å². The first kappa shape index (κ1) is 22.3. The summed E-state index contributed by atoms with van der Waals surface area (Å²) in [6.45, 7) is 1.92. The fourth-order valence-electron chi connectivity index (χ4n) is 3.14. The van der Waals surface area contributed by atoms with E-state index in [9.17, 15) is 14.4 Å². The number of carbonyl (C=O) groups excluding carboxylic acids is 1. The molecule has 6 heteroatoms. The first-order valence-corrected chi connectivity index (χ1v) is 10.3. The Bertz CT molecular complexity index is 1200. The van der Waals surface area contributed by atoms with Crippen LogP contribution >= 0.6 is 15.9 Å². The lowest BCUT2D eigenvalue weighted by Gasteiger charge is -2.13. The molecule has 0 atom stereocenters. The smallest absolute Gasteiger partial charge is 0.266 e. The highest BCUT2D eigenvalue weighted by atomic mass is 79.9. The second-order valence-electron chi connectivity index (χ2n) is 6.95. The molecular formula is C25H20BrFN2O2. The Morgan fingerprint density at radius 3 is 2.65 bits per heavy atom. The van der Waals surface area contributed by atoms with Gasteiger partial charge in [-0.2, -0.15) is 5.26 Å². The van der Waals surface area contributed by atoms with E-state index in [1.165, 1.54) is 19.3 Å². The van der Waals surface area contributed by atoms with Crippen molar-refractivity contribution < 1.29 is 13.9 Å². The zero-order valence-corrected chi connectivity index (χ0v) is 18.7. The molecular weight excluding hydrogens is 459 g/mol. The molecule has 0 aliphatic heterocycles. The lowest BCUT2D eigenvalue weighted by atomic mass is 10.0. The zero-order valence-electron chi connectivity index (χ0n) is 17.1. The van der Waals surface area contributed by atoms with Crippen LogP contribution < -0.4 is 10.1 Å². The molecule has 0 spiro atoms. The molecule has 0 bridgehead atoms. The number of nitrogens with one attached hydrogen (secondary N) is 1. The Morgan fingerprint density at radius 1 is 1.19 bits per heavy atom. The fraction of sp³-hybridized carbons (Fsp3) is 0.120. The summed E-state index contributed by atoms with van der Waals surface area (Å²) in [4.78, 5) is 12.6. The van der Waals surface area contributed by atoms with Gasteiger partial charge in [0.2, 0.25) is 0 Å². The number of amides is 1. The van der Waals surface area contributed by atoms with Crippen LogP contribution in [0.3, 0.4) is 0 Å². The van der Waals surface area contributed by atoms with Gasteiger partial charge in [-0.1, -0.05) is 46.3 Å². The lowest BCUT2D eigenvalue weighted by Crippen LogP contribution is -2.13. The van der Waals surface area contributed by atoms with Crippen molar-refractivity contribution in [3.05, 3.63) is 98.8 Å². The molecule has 0 aliphatic carbocycles. The van der Waals surface area contributed by atoms with Gasteiger partial charge in [-0.15, -0.1) is 0 Å². The molecule has 156 valence electrons. The summed E-state index contributed by atoms with van der Waals surface area (Å²) in [5, 5.41) is 12.2. The molecule has 0 aliphatic rings. The molecule has 0 aromatic heterocycles. The Morgan fingerprint density at radius 2 is 1.97 bits per heavy atom. The van der Waals surface area contributed by atoms with Gasteiger partial charge < -0.3 is 10.1 Å². The largest absolute Gasteiger partial charge is 0.496 e. The second kappa shape index (κ2) is 10.1. The third kappa shape index (κ3) is 5.59. The SMILES string of the molecule is COc1cc(/C=C(\C#N)C(=O)Nc2cccc(C)c2)cc(Br)c1Cc1ccccc1F. The number of aryl methyl sites for hydroxylation is 1. The summed E-state index contributed by atoms with van der Waals surface area (Å²) < 4.78 is 20.3. The highest BCUT2D eigenvalue weighted by Gasteiger charge is 2.15. The zero-order chi connectivity index (χ0) is 22.4. The Hall–Kier alpha value is -3.43. The van der Waals surface area contributed by atoms with E-state index in [1.807, 2.05) is 31.2 Å². The van der Waals surface area contributed by atoms with Crippen molar-refractivity contribution in [2.75, 3.05) is 12.4 Å². The van der Waals surface area contributed by atoms with Crippen LogP contribution in [0.25, 0.3) is 6.08 Å². The van der Waals surface area contributed by atoms with Gasteiger partial charge in [0.05, 0.1) is 7.11 Å². The van der Waals surface area contributed by atoms with E-state index in [0.717, 1.165) is 11.1 Å². The minimum absolute atomic E-state index is 0.0442. The van der Waals surface area contributed by atoms with Gasteiger partial charge >= 0.3 is 0 Å². The standard InChI is InChI=1S/C25H20BrFN2O2/c1-16-6-5-8-20(10-16)29-25(30)19(15-28)11-17-12-22(26)21(24(13-17)31-2)14-18-7-3-4-9-23(18)27/h3-13H,14H2,1-2H3,(H,29,30)/b19-11+. The molecule has 0 radical (unpaired) electrons. The van der Waals surface area contributed by atoms with Crippen LogP contribution in [0.15, 0.2) is 70.7 Å². The number of hydrogen-bond donors (Lipinski definition) is 1. The average molecular weight is 479 g/mol. The van der Waals surface area contributed by atoms with Crippen molar-refractivity contribution in [1.82, 2.24) is 0 Å². The topological polar surface area (TPSA) is 62.1 Å². The molecule has 1 amide bonds. The predicted octanol–water partition coefficient (Wildman–Crippen LogP) is 6.04. The maximum absolute atomic E-state index is 14.1. The molecule has 4 nitrogen and oxygen atoms in total. The molecule has 31 heavy (non-hydrogen) atoms. The number of nitriles is 1. The van der Waals surface area contributed by atoms with Crippen LogP contribution in [-0.4, -0.2) is 13.0 Å². The van der Waals surface area contributed by atoms with E-state index >= 15 is 0 Å². The maximum atomic E-state index is 14.1. The molecule has 1 N–H and O–H groups in total. The van der Waals surface area contributed by atoms with Crippen LogP contribution in [0.4, 0.5) is 10.1 Å². The van der Waals surface area contributed by atoms with E-state index in [4.69, 9.17) is 4.74 Å². The summed E-state index contributed by atoms with van der Waals surface area (Å²) in [6, 6.07) is 19.3. The highest BCUT2D eigenvalue weighted by Crippen LogP contribution is 2.32. The normalized spacial score (nSPS) is 11.0. The van der Waals surface area contributed by atoms with Crippen LogP contribution in [0.5, 0.6) is 5.75 Å². The summed E-state index contributed by atoms with van der Waals surface area (Å²) in [7, 11) is 1.52. The number of methoxy groups -OCH3 is 1. The molecule has 3 aromatic carbocycles. The molecule has 0 heterocycles. The summed E-state index contributed by atoms with van der Waals surface area (Å²) in [5.41, 5.74) is 3.49. The van der Waals surface area contributed by atoms with Gasteiger partial charge in [0.1, 0.15) is 23.2 Å². The Balaban J connectivity index is 1.90. The van der Waals surface area contributed by atoms with Crippen molar-refractivity contribution in [3.63, 3.8) is 0 Å². The quantitative estimate of drug-likeness (QED) is 0.346. The van der Waals surface area contributed by atoms with Crippen molar-refractivity contribution >= 4 is 33.6 Å². The Labute approximate surface area is 189 Å². The third-order valence-electron chi connectivity index (χ3n) is 4.67. The van der Waals surface area contributed by atoms with Crippen molar-refractivity contribution in [2.24, 2.45) is 0 Å².